The lowest BCUT2D eigenvalue weighted by molar-refractivity contribution is -0.386. The number of benzene rings is 1. The van der Waals surface area contributed by atoms with E-state index in [1.807, 2.05) is 0 Å². The van der Waals surface area contributed by atoms with Gasteiger partial charge in [0.15, 0.2) is 0 Å². The van der Waals surface area contributed by atoms with Gasteiger partial charge in [-0.2, -0.15) is 0 Å². The Hall–Kier alpha value is -1.57. The summed E-state index contributed by atoms with van der Waals surface area (Å²) in [7, 11) is 0. The molecule has 0 amide bonds. The molecule has 3 rings (SSSR count). The molecule has 1 N–H and O–H groups in total. The third-order valence-electron chi connectivity index (χ3n) is 4.76. The molecule has 0 radical (unpaired) electrons. The molecule has 2 fully saturated rings. The van der Waals surface area contributed by atoms with E-state index in [1.165, 1.54) is 18.2 Å². The number of nitrogens with one attached hydrogen (secondary N) is 1. The second kappa shape index (κ2) is 7.33. The molecule has 1 aromatic carbocycles. The van der Waals surface area contributed by atoms with Gasteiger partial charge in [-0.05, 0) is 30.9 Å². The maximum atomic E-state index is 13.8. The van der Waals surface area contributed by atoms with E-state index in [0.717, 1.165) is 39.0 Å². The second-order valence-electron chi connectivity index (χ2n) is 6.14. The van der Waals surface area contributed by atoms with Crippen LogP contribution in [0.25, 0.3) is 0 Å². The Morgan fingerprint density at radius 3 is 2.65 bits per heavy atom. The Morgan fingerprint density at radius 1 is 1.30 bits per heavy atom. The molecular formula is C16H22FN3O3. The Labute approximate surface area is 134 Å². The Kier molecular flexibility index (Phi) is 5.20. The molecule has 126 valence electrons. The molecule has 1 aromatic rings. The minimum Gasteiger partial charge on any atom is -0.381 e. The largest absolute Gasteiger partial charge is 0.381 e. The van der Waals surface area contributed by atoms with Crippen LogP contribution in [-0.2, 0) is 4.74 Å². The summed E-state index contributed by atoms with van der Waals surface area (Å²) in [4.78, 5) is 13.3. The Bertz CT molecular complexity index is 540. The molecule has 0 aliphatic carbocycles. The first-order valence-electron chi connectivity index (χ1n) is 8.13. The predicted molar refractivity (Wildman–Crippen MR) is 83.8 cm³/mol. The average Bonchev–Trinajstić information content (AvgIpc) is 2.57. The highest BCUT2D eigenvalue weighted by molar-refractivity contribution is 5.43. The van der Waals surface area contributed by atoms with Crippen molar-refractivity contribution in [2.24, 2.45) is 5.92 Å². The van der Waals surface area contributed by atoms with Gasteiger partial charge >= 0.3 is 0 Å². The third-order valence-corrected chi connectivity index (χ3v) is 4.76. The zero-order valence-corrected chi connectivity index (χ0v) is 13.0. The van der Waals surface area contributed by atoms with Gasteiger partial charge in [-0.3, -0.25) is 15.0 Å². The fraction of sp³-hybridized carbons (Fsp3) is 0.625. The van der Waals surface area contributed by atoms with Crippen LogP contribution in [0.5, 0.6) is 0 Å². The van der Waals surface area contributed by atoms with Crippen LogP contribution in [-0.4, -0.2) is 49.2 Å². The van der Waals surface area contributed by atoms with E-state index in [0.29, 0.717) is 18.8 Å². The Morgan fingerprint density at radius 2 is 2.00 bits per heavy atom. The summed E-state index contributed by atoms with van der Waals surface area (Å²) < 4.78 is 19.3. The van der Waals surface area contributed by atoms with Crippen molar-refractivity contribution >= 4 is 5.69 Å². The molecule has 0 unspecified atom stereocenters. The summed E-state index contributed by atoms with van der Waals surface area (Å²) in [6.07, 6.45) is 1.70. The van der Waals surface area contributed by atoms with Crippen LogP contribution in [0.3, 0.4) is 0 Å². The smallest absolute Gasteiger partial charge is 0.274 e. The molecule has 2 heterocycles. The van der Waals surface area contributed by atoms with Gasteiger partial charge < -0.3 is 10.1 Å². The van der Waals surface area contributed by atoms with Crippen molar-refractivity contribution in [1.29, 1.82) is 0 Å². The van der Waals surface area contributed by atoms with Crippen LogP contribution >= 0.6 is 0 Å². The van der Waals surface area contributed by atoms with Crippen LogP contribution in [0, 0.1) is 21.8 Å². The highest BCUT2D eigenvalue weighted by Gasteiger charge is 2.35. The number of hydrogen-bond acceptors (Lipinski definition) is 5. The molecule has 6 nitrogen and oxygen atoms in total. The fourth-order valence-electron chi connectivity index (χ4n) is 3.67. The van der Waals surface area contributed by atoms with Gasteiger partial charge in [-0.25, -0.2) is 4.39 Å². The first kappa shape index (κ1) is 16.3. The van der Waals surface area contributed by atoms with Crippen molar-refractivity contribution in [1.82, 2.24) is 10.2 Å². The highest BCUT2D eigenvalue weighted by atomic mass is 19.1. The summed E-state index contributed by atoms with van der Waals surface area (Å²) in [6.45, 7) is 4.66. The molecule has 7 heteroatoms. The van der Waals surface area contributed by atoms with Crippen molar-refractivity contribution in [3.8, 4) is 0 Å². The lowest BCUT2D eigenvalue weighted by Crippen LogP contribution is -2.47. The van der Waals surface area contributed by atoms with E-state index >= 15 is 0 Å². The van der Waals surface area contributed by atoms with Crippen LogP contribution in [0.1, 0.15) is 24.4 Å². The molecule has 0 spiro atoms. The summed E-state index contributed by atoms with van der Waals surface area (Å²) in [5.74, 6) is -0.167. The van der Waals surface area contributed by atoms with E-state index in [2.05, 4.69) is 10.2 Å². The third kappa shape index (κ3) is 3.68. The van der Waals surface area contributed by atoms with Gasteiger partial charge in [-0.1, -0.05) is 0 Å². The zero-order valence-electron chi connectivity index (χ0n) is 13.0. The SMILES string of the molecule is O=[N+]([O-])c1ccc(F)cc1[C@H](C1CCOCC1)N1CCNCC1. The summed E-state index contributed by atoms with van der Waals surface area (Å²) in [6, 6.07) is 3.68. The van der Waals surface area contributed by atoms with Crippen LogP contribution in [0.2, 0.25) is 0 Å². The maximum Gasteiger partial charge on any atom is 0.274 e. The van der Waals surface area contributed by atoms with Gasteiger partial charge in [0.05, 0.1) is 10.5 Å². The number of hydrogen-bond donors (Lipinski definition) is 1. The number of nitro groups is 1. The summed E-state index contributed by atoms with van der Waals surface area (Å²) in [5, 5.41) is 14.7. The fourth-order valence-corrected chi connectivity index (χ4v) is 3.67. The highest BCUT2D eigenvalue weighted by Crippen LogP contribution is 2.39. The number of ether oxygens (including phenoxy) is 1. The summed E-state index contributed by atoms with van der Waals surface area (Å²) >= 11 is 0. The van der Waals surface area contributed by atoms with E-state index in [9.17, 15) is 14.5 Å². The van der Waals surface area contributed by atoms with E-state index in [-0.39, 0.29) is 17.6 Å². The van der Waals surface area contributed by atoms with E-state index < -0.39 is 10.7 Å². The molecule has 2 aliphatic heterocycles. The Balaban J connectivity index is 1.99. The van der Waals surface area contributed by atoms with Gasteiger partial charge in [0, 0.05) is 51.5 Å². The van der Waals surface area contributed by atoms with E-state index in [1.54, 1.807) is 0 Å². The normalized spacial score (nSPS) is 22.0. The first-order chi connectivity index (χ1) is 11.2. The van der Waals surface area contributed by atoms with Gasteiger partial charge in [0.1, 0.15) is 5.82 Å². The molecule has 0 bridgehead atoms. The van der Waals surface area contributed by atoms with Crippen molar-refractivity contribution < 1.29 is 14.1 Å². The molecule has 1 atom stereocenters. The van der Waals surface area contributed by atoms with Crippen molar-refractivity contribution in [3.05, 3.63) is 39.7 Å². The molecule has 23 heavy (non-hydrogen) atoms. The monoisotopic (exact) mass is 323 g/mol. The van der Waals surface area contributed by atoms with E-state index in [4.69, 9.17) is 4.74 Å². The van der Waals surface area contributed by atoms with Crippen LogP contribution < -0.4 is 5.32 Å². The number of nitro benzene ring substituents is 1. The quantitative estimate of drug-likeness (QED) is 0.679. The van der Waals surface area contributed by atoms with Crippen molar-refractivity contribution in [2.45, 2.75) is 18.9 Å². The van der Waals surface area contributed by atoms with Gasteiger partial charge in [0.2, 0.25) is 0 Å². The lowest BCUT2D eigenvalue weighted by Gasteiger charge is -2.40. The van der Waals surface area contributed by atoms with Crippen LogP contribution in [0.15, 0.2) is 18.2 Å². The van der Waals surface area contributed by atoms with Crippen molar-refractivity contribution in [2.75, 3.05) is 39.4 Å². The first-order valence-corrected chi connectivity index (χ1v) is 8.13. The number of nitrogens with zero attached hydrogens (tertiary/aromatic N) is 2. The minimum atomic E-state index is -0.419. The number of rotatable bonds is 4. The zero-order chi connectivity index (χ0) is 16.2. The standard InChI is InChI=1S/C16H22FN3O3/c17-13-1-2-15(20(21)22)14(11-13)16(12-3-9-23-10-4-12)19-7-5-18-6-8-19/h1-2,11-12,16,18H,3-10H2/t16-/m0/s1. The van der Waals surface area contributed by atoms with Crippen molar-refractivity contribution in [3.63, 3.8) is 0 Å². The predicted octanol–water partition coefficient (Wildman–Crippen LogP) is 2.11. The molecule has 2 aliphatic rings. The van der Waals surface area contributed by atoms with Gasteiger partial charge in [0.25, 0.3) is 5.69 Å². The summed E-state index contributed by atoms with van der Waals surface area (Å²) in [5.41, 5.74) is 0.519. The molecular weight excluding hydrogens is 301 g/mol. The average molecular weight is 323 g/mol. The second-order valence-corrected chi connectivity index (χ2v) is 6.14. The number of halogens is 1. The number of piperazine rings is 1. The lowest BCUT2D eigenvalue weighted by atomic mass is 9.84. The minimum absolute atomic E-state index is 0.0152. The van der Waals surface area contributed by atoms with Gasteiger partial charge in [-0.15, -0.1) is 0 Å². The topological polar surface area (TPSA) is 67.6 Å². The van der Waals surface area contributed by atoms with Crippen LogP contribution in [0.4, 0.5) is 10.1 Å². The molecule has 0 saturated carbocycles. The molecule has 0 aromatic heterocycles. The molecule has 2 saturated heterocycles. The maximum absolute atomic E-state index is 13.8.